The van der Waals surface area contributed by atoms with Crippen LogP contribution in [0.3, 0.4) is 0 Å². The summed E-state index contributed by atoms with van der Waals surface area (Å²) in [5, 5.41) is 8.95. The van der Waals surface area contributed by atoms with Crippen LogP contribution in [0.5, 0.6) is 0 Å². The highest BCUT2D eigenvalue weighted by molar-refractivity contribution is 6.33. The molecule has 1 N–H and O–H groups in total. The second-order valence-electron chi connectivity index (χ2n) is 6.17. The molecule has 1 heterocycles. The molecule has 0 aliphatic rings. The van der Waals surface area contributed by atoms with E-state index in [1.807, 2.05) is 36.4 Å². The van der Waals surface area contributed by atoms with Gasteiger partial charge in [0, 0.05) is 36.8 Å². The monoisotopic (exact) mass is 405 g/mol. The standard InChI is InChI=1S/C22H20ClN5O/c1-24-15-28(25-2)14-16-6-8-17(9-7-16)22(29)27-18-10-11-20(23)19(13-18)21-5-3-4-12-26-21/h3-13,15H,2,14H2,1H3,(H,27,29)/b24-15-. The van der Waals surface area contributed by atoms with Crippen molar-refractivity contribution >= 4 is 36.3 Å². The van der Waals surface area contributed by atoms with Gasteiger partial charge in [0.2, 0.25) is 0 Å². The maximum Gasteiger partial charge on any atom is 0.255 e. The van der Waals surface area contributed by atoms with Gasteiger partial charge in [-0.2, -0.15) is 5.10 Å². The first-order valence-corrected chi connectivity index (χ1v) is 9.25. The summed E-state index contributed by atoms with van der Waals surface area (Å²) in [4.78, 5) is 20.9. The molecule has 3 aromatic rings. The molecule has 6 nitrogen and oxygen atoms in total. The number of nitrogens with zero attached hydrogens (tertiary/aromatic N) is 4. The number of hydrazone groups is 1. The van der Waals surface area contributed by atoms with Gasteiger partial charge in [-0.25, -0.2) is 0 Å². The molecule has 7 heteroatoms. The summed E-state index contributed by atoms with van der Waals surface area (Å²) in [7, 11) is 1.67. The van der Waals surface area contributed by atoms with Crippen LogP contribution < -0.4 is 5.32 Å². The van der Waals surface area contributed by atoms with Crippen LogP contribution in [0.4, 0.5) is 5.69 Å². The zero-order valence-electron chi connectivity index (χ0n) is 15.9. The minimum absolute atomic E-state index is 0.209. The van der Waals surface area contributed by atoms with E-state index in [9.17, 15) is 4.79 Å². The first-order chi connectivity index (χ1) is 14.1. The Bertz CT molecular complexity index is 1020. The number of benzene rings is 2. The number of aliphatic imine (C=N–C) groups is 1. The smallest absolute Gasteiger partial charge is 0.255 e. The molecule has 0 saturated heterocycles. The van der Waals surface area contributed by atoms with Crippen molar-refractivity contribution in [2.24, 2.45) is 10.1 Å². The predicted octanol–water partition coefficient (Wildman–Crippen LogP) is 4.73. The lowest BCUT2D eigenvalue weighted by Crippen LogP contribution is -2.15. The van der Waals surface area contributed by atoms with Crippen LogP contribution in [0, 0.1) is 0 Å². The van der Waals surface area contributed by atoms with Crippen molar-refractivity contribution in [1.29, 1.82) is 0 Å². The van der Waals surface area contributed by atoms with Crippen molar-refractivity contribution in [2.45, 2.75) is 6.54 Å². The summed E-state index contributed by atoms with van der Waals surface area (Å²) in [6.07, 6.45) is 3.29. The second-order valence-corrected chi connectivity index (χ2v) is 6.58. The van der Waals surface area contributed by atoms with E-state index in [2.05, 4.69) is 27.1 Å². The van der Waals surface area contributed by atoms with E-state index in [1.165, 1.54) is 0 Å². The molecule has 0 radical (unpaired) electrons. The lowest BCUT2D eigenvalue weighted by molar-refractivity contribution is 0.102. The van der Waals surface area contributed by atoms with Crippen LogP contribution in [0.15, 0.2) is 77.0 Å². The topological polar surface area (TPSA) is 70.0 Å². The highest BCUT2D eigenvalue weighted by Crippen LogP contribution is 2.29. The summed E-state index contributed by atoms with van der Waals surface area (Å²) >= 11 is 6.30. The van der Waals surface area contributed by atoms with Crippen LogP contribution in [-0.2, 0) is 6.54 Å². The Hall–Kier alpha value is -3.51. The first kappa shape index (κ1) is 20.2. The second kappa shape index (κ2) is 9.61. The number of carbonyl (C=O) groups is 1. The molecule has 3 rings (SSSR count). The summed E-state index contributed by atoms with van der Waals surface area (Å²) in [6, 6.07) is 18.2. The van der Waals surface area contributed by atoms with Gasteiger partial charge in [-0.3, -0.25) is 19.8 Å². The fraction of sp³-hybridized carbons (Fsp3) is 0.0909. The molecule has 0 atom stereocenters. The van der Waals surface area contributed by atoms with Gasteiger partial charge in [-0.05, 0) is 48.0 Å². The van der Waals surface area contributed by atoms with Crippen molar-refractivity contribution in [3.8, 4) is 11.3 Å². The summed E-state index contributed by atoms with van der Waals surface area (Å²) < 4.78 is 0. The zero-order chi connectivity index (χ0) is 20.6. The average molecular weight is 406 g/mol. The third-order valence-corrected chi connectivity index (χ3v) is 4.49. The molecule has 1 amide bonds. The number of aromatic nitrogens is 1. The van der Waals surface area contributed by atoms with Crippen LogP contribution >= 0.6 is 11.6 Å². The predicted molar refractivity (Wildman–Crippen MR) is 119 cm³/mol. The van der Waals surface area contributed by atoms with Crippen molar-refractivity contribution < 1.29 is 4.79 Å². The van der Waals surface area contributed by atoms with E-state index < -0.39 is 0 Å². The van der Waals surface area contributed by atoms with E-state index in [4.69, 9.17) is 11.6 Å². The van der Waals surface area contributed by atoms with Crippen molar-refractivity contribution in [2.75, 3.05) is 12.4 Å². The zero-order valence-corrected chi connectivity index (χ0v) is 16.7. The molecule has 146 valence electrons. The summed E-state index contributed by atoms with van der Waals surface area (Å²) in [5.41, 5.74) is 3.68. The lowest BCUT2D eigenvalue weighted by atomic mass is 10.1. The largest absolute Gasteiger partial charge is 0.322 e. The van der Waals surface area contributed by atoms with Gasteiger partial charge >= 0.3 is 0 Å². The minimum Gasteiger partial charge on any atom is -0.322 e. The molecule has 0 spiro atoms. The van der Waals surface area contributed by atoms with Gasteiger partial charge < -0.3 is 5.32 Å². The van der Waals surface area contributed by atoms with Gasteiger partial charge in [-0.1, -0.05) is 29.8 Å². The maximum absolute atomic E-state index is 12.6. The number of rotatable bonds is 7. The first-order valence-electron chi connectivity index (χ1n) is 8.87. The Kier molecular flexibility index (Phi) is 6.71. The normalized spacial score (nSPS) is 10.7. The molecule has 1 aromatic heterocycles. The van der Waals surface area contributed by atoms with Crippen LogP contribution in [-0.4, -0.2) is 36.0 Å². The molecule has 0 fully saturated rings. The molecule has 0 aliphatic heterocycles. The number of pyridine rings is 1. The minimum atomic E-state index is -0.209. The fourth-order valence-corrected chi connectivity index (χ4v) is 2.95. The Balaban J connectivity index is 1.73. The SMILES string of the molecule is C=NN(/C=N\C)Cc1ccc(C(=O)Nc2ccc(Cl)c(-c3ccccn3)c2)cc1. The van der Waals surface area contributed by atoms with E-state index in [-0.39, 0.29) is 5.91 Å². The van der Waals surface area contributed by atoms with Crippen LogP contribution in [0.1, 0.15) is 15.9 Å². The third kappa shape index (κ3) is 5.27. The lowest BCUT2D eigenvalue weighted by Gasteiger charge is -2.13. The number of amides is 1. The maximum atomic E-state index is 12.6. The van der Waals surface area contributed by atoms with Crippen molar-refractivity contribution in [3.63, 3.8) is 0 Å². The molecule has 0 aliphatic carbocycles. The van der Waals surface area contributed by atoms with E-state index >= 15 is 0 Å². The summed E-state index contributed by atoms with van der Waals surface area (Å²) in [6.45, 7) is 4.03. The highest BCUT2D eigenvalue weighted by Gasteiger charge is 2.10. The molecule has 0 bridgehead atoms. The van der Waals surface area contributed by atoms with Gasteiger partial charge in [0.25, 0.3) is 5.91 Å². The Morgan fingerprint density at radius 2 is 2.00 bits per heavy atom. The molecule has 0 unspecified atom stereocenters. The van der Waals surface area contributed by atoms with Crippen LogP contribution in [0.2, 0.25) is 5.02 Å². The van der Waals surface area contributed by atoms with Gasteiger partial charge in [0.15, 0.2) is 0 Å². The fourth-order valence-electron chi connectivity index (χ4n) is 2.73. The average Bonchev–Trinajstić information content (AvgIpc) is 2.75. The number of hydrogen-bond acceptors (Lipinski definition) is 4. The van der Waals surface area contributed by atoms with Crippen LogP contribution in [0.25, 0.3) is 11.3 Å². The van der Waals surface area contributed by atoms with Crippen molar-refractivity contribution in [3.05, 3.63) is 83.0 Å². The summed E-state index contributed by atoms with van der Waals surface area (Å²) in [5.74, 6) is -0.209. The molecular formula is C22H20ClN5O. The number of nitrogens with one attached hydrogen (secondary N) is 1. The number of anilines is 1. The quantitative estimate of drug-likeness (QED) is 0.351. The van der Waals surface area contributed by atoms with Gasteiger partial charge in [-0.15, -0.1) is 0 Å². The number of halogens is 1. The Morgan fingerprint density at radius 3 is 2.66 bits per heavy atom. The van der Waals surface area contributed by atoms with Gasteiger partial charge in [0.05, 0.1) is 17.3 Å². The van der Waals surface area contributed by atoms with E-state index in [0.29, 0.717) is 22.8 Å². The van der Waals surface area contributed by atoms with E-state index in [0.717, 1.165) is 16.8 Å². The van der Waals surface area contributed by atoms with Gasteiger partial charge in [0.1, 0.15) is 6.34 Å². The van der Waals surface area contributed by atoms with E-state index in [1.54, 1.807) is 48.9 Å². The Morgan fingerprint density at radius 1 is 1.21 bits per heavy atom. The molecule has 2 aromatic carbocycles. The third-order valence-electron chi connectivity index (χ3n) is 4.16. The highest BCUT2D eigenvalue weighted by atomic mass is 35.5. The molecular weight excluding hydrogens is 386 g/mol. The Labute approximate surface area is 174 Å². The number of carbonyl (C=O) groups excluding carboxylic acids is 1. The number of hydrogen-bond donors (Lipinski definition) is 1. The molecule has 0 saturated carbocycles. The molecule has 29 heavy (non-hydrogen) atoms. The van der Waals surface area contributed by atoms with Crippen molar-refractivity contribution in [1.82, 2.24) is 9.99 Å².